The molecule has 1 aromatic heterocycles. The first-order valence-electron chi connectivity index (χ1n) is 6.05. The van der Waals surface area contributed by atoms with Gasteiger partial charge in [-0.1, -0.05) is 13.8 Å². The van der Waals surface area contributed by atoms with Crippen molar-refractivity contribution in [2.24, 2.45) is 5.92 Å². The zero-order chi connectivity index (χ0) is 13.8. The summed E-state index contributed by atoms with van der Waals surface area (Å²) in [7, 11) is 0. The number of hydrogen-bond donors (Lipinski definition) is 0. The van der Waals surface area contributed by atoms with Gasteiger partial charge in [0.25, 0.3) is 5.88 Å². The fourth-order valence-electron chi connectivity index (χ4n) is 1.65. The van der Waals surface area contributed by atoms with Crippen molar-refractivity contribution in [1.82, 2.24) is 9.55 Å². The van der Waals surface area contributed by atoms with Gasteiger partial charge >= 0.3 is 5.56 Å². The Hall–Kier alpha value is -2.17. The van der Waals surface area contributed by atoms with Crippen LogP contribution in [0.15, 0.2) is 41.5 Å². The molecule has 0 fully saturated rings. The van der Waals surface area contributed by atoms with Crippen LogP contribution in [0.25, 0.3) is 0 Å². The lowest BCUT2D eigenvalue weighted by atomic mass is 10.2. The molecular formula is C14H15FN2O2. The van der Waals surface area contributed by atoms with E-state index in [0.717, 1.165) is 0 Å². The summed E-state index contributed by atoms with van der Waals surface area (Å²) in [6.45, 7) is 4.64. The summed E-state index contributed by atoms with van der Waals surface area (Å²) in [5, 5.41) is 0. The van der Waals surface area contributed by atoms with Crippen molar-refractivity contribution in [1.29, 1.82) is 0 Å². The maximum absolute atomic E-state index is 12.8. The van der Waals surface area contributed by atoms with E-state index in [9.17, 15) is 9.18 Å². The van der Waals surface area contributed by atoms with E-state index >= 15 is 0 Å². The van der Waals surface area contributed by atoms with E-state index in [0.29, 0.717) is 18.2 Å². The lowest BCUT2D eigenvalue weighted by Gasteiger charge is -2.10. The van der Waals surface area contributed by atoms with Crippen LogP contribution in [0.2, 0.25) is 0 Å². The normalized spacial score (nSPS) is 10.7. The van der Waals surface area contributed by atoms with Crippen LogP contribution in [0.5, 0.6) is 11.6 Å². The van der Waals surface area contributed by atoms with Gasteiger partial charge < -0.3 is 9.30 Å². The van der Waals surface area contributed by atoms with Gasteiger partial charge in [-0.05, 0) is 30.2 Å². The predicted molar refractivity (Wildman–Crippen MR) is 69.8 cm³/mol. The predicted octanol–water partition coefficient (Wildman–Crippen LogP) is 2.83. The van der Waals surface area contributed by atoms with Crippen LogP contribution >= 0.6 is 0 Å². The first-order valence-corrected chi connectivity index (χ1v) is 6.05. The third-order valence-electron chi connectivity index (χ3n) is 2.47. The molecule has 2 rings (SSSR count). The monoisotopic (exact) mass is 262 g/mol. The molecule has 0 radical (unpaired) electrons. The number of aromatic nitrogens is 2. The number of benzene rings is 1. The molecular weight excluding hydrogens is 247 g/mol. The van der Waals surface area contributed by atoms with Gasteiger partial charge in [0.2, 0.25) is 0 Å². The first kappa shape index (κ1) is 13.3. The highest BCUT2D eigenvalue weighted by Gasteiger charge is 2.08. The molecule has 0 spiro atoms. The van der Waals surface area contributed by atoms with Crippen molar-refractivity contribution in [3.05, 3.63) is 52.8 Å². The number of hydrogen-bond acceptors (Lipinski definition) is 3. The second-order valence-corrected chi connectivity index (χ2v) is 4.64. The lowest BCUT2D eigenvalue weighted by Crippen LogP contribution is -2.23. The minimum atomic E-state index is -0.356. The van der Waals surface area contributed by atoms with E-state index in [2.05, 4.69) is 4.98 Å². The highest BCUT2D eigenvalue weighted by Crippen LogP contribution is 2.16. The third kappa shape index (κ3) is 3.40. The second-order valence-electron chi connectivity index (χ2n) is 4.64. The Balaban J connectivity index is 2.25. The van der Waals surface area contributed by atoms with E-state index in [4.69, 9.17) is 4.74 Å². The van der Waals surface area contributed by atoms with Gasteiger partial charge in [-0.3, -0.25) is 4.79 Å². The van der Waals surface area contributed by atoms with E-state index in [1.807, 2.05) is 13.8 Å². The highest BCUT2D eigenvalue weighted by molar-refractivity contribution is 5.26. The Kier molecular flexibility index (Phi) is 3.94. The van der Waals surface area contributed by atoms with Crippen LogP contribution in [0.4, 0.5) is 4.39 Å². The van der Waals surface area contributed by atoms with E-state index in [1.54, 1.807) is 10.8 Å². The third-order valence-corrected chi connectivity index (χ3v) is 2.47. The molecule has 0 amide bonds. The summed E-state index contributed by atoms with van der Waals surface area (Å²) in [5.74, 6) is 0.368. The zero-order valence-electron chi connectivity index (χ0n) is 10.8. The molecule has 0 bridgehead atoms. The molecule has 0 unspecified atom stereocenters. The minimum absolute atomic E-state index is 0.00485. The Labute approximate surface area is 110 Å². The molecule has 0 N–H and O–H groups in total. The largest absolute Gasteiger partial charge is 0.435 e. The highest BCUT2D eigenvalue weighted by atomic mass is 19.1. The maximum atomic E-state index is 12.8. The van der Waals surface area contributed by atoms with Crippen molar-refractivity contribution >= 4 is 0 Å². The molecule has 0 aliphatic rings. The summed E-state index contributed by atoms with van der Waals surface area (Å²) in [6, 6.07) is 5.45. The molecule has 1 heterocycles. The van der Waals surface area contributed by atoms with Gasteiger partial charge in [0, 0.05) is 18.9 Å². The summed E-state index contributed by atoms with van der Waals surface area (Å²) >= 11 is 0. The topological polar surface area (TPSA) is 44.1 Å². The van der Waals surface area contributed by atoms with Crippen LogP contribution in [0.1, 0.15) is 13.8 Å². The number of halogens is 1. The fourth-order valence-corrected chi connectivity index (χ4v) is 1.65. The standard InChI is InChI=1S/C14H15FN2O2/c1-10(2)9-17-8-7-16-13(14(17)18)19-12-5-3-11(15)4-6-12/h3-8,10H,9H2,1-2H3. The number of nitrogens with zero attached hydrogens (tertiary/aromatic N) is 2. The molecule has 5 heteroatoms. The Morgan fingerprint density at radius 3 is 2.63 bits per heavy atom. The van der Waals surface area contributed by atoms with Crippen LogP contribution in [-0.2, 0) is 6.54 Å². The van der Waals surface area contributed by atoms with Gasteiger partial charge in [0.05, 0.1) is 0 Å². The number of ether oxygens (including phenoxy) is 1. The van der Waals surface area contributed by atoms with Gasteiger partial charge in [0.1, 0.15) is 11.6 Å². The molecule has 0 aliphatic heterocycles. The fraction of sp³-hybridized carbons (Fsp3) is 0.286. The van der Waals surface area contributed by atoms with E-state index in [-0.39, 0.29) is 17.3 Å². The molecule has 19 heavy (non-hydrogen) atoms. The van der Waals surface area contributed by atoms with Crippen molar-refractivity contribution in [3.63, 3.8) is 0 Å². The van der Waals surface area contributed by atoms with Crippen LogP contribution in [0.3, 0.4) is 0 Å². The number of rotatable bonds is 4. The second kappa shape index (κ2) is 5.65. The Morgan fingerprint density at radius 2 is 2.00 bits per heavy atom. The van der Waals surface area contributed by atoms with Crippen molar-refractivity contribution in [2.75, 3.05) is 0 Å². The molecule has 0 atom stereocenters. The van der Waals surface area contributed by atoms with E-state index in [1.165, 1.54) is 30.5 Å². The molecule has 0 saturated carbocycles. The van der Waals surface area contributed by atoms with E-state index < -0.39 is 0 Å². The van der Waals surface area contributed by atoms with Crippen molar-refractivity contribution in [2.45, 2.75) is 20.4 Å². The van der Waals surface area contributed by atoms with Crippen molar-refractivity contribution < 1.29 is 9.13 Å². The van der Waals surface area contributed by atoms with Gasteiger partial charge in [-0.2, -0.15) is 0 Å². The quantitative estimate of drug-likeness (QED) is 0.851. The van der Waals surface area contributed by atoms with Crippen LogP contribution in [0, 0.1) is 11.7 Å². The molecule has 4 nitrogen and oxygen atoms in total. The Bertz CT molecular complexity index is 606. The Morgan fingerprint density at radius 1 is 1.32 bits per heavy atom. The van der Waals surface area contributed by atoms with Crippen LogP contribution < -0.4 is 10.3 Å². The molecule has 0 aliphatic carbocycles. The lowest BCUT2D eigenvalue weighted by molar-refractivity contribution is 0.431. The summed E-state index contributed by atoms with van der Waals surface area (Å²) in [6.07, 6.45) is 3.14. The first-order chi connectivity index (χ1) is 9.06. The smallest absolute Gasteiger partial charge is 0.313 e. The van der Waals surface area contributed by atoms with Crippen molar-refractivity contribution in [3.8, 4) is 11.6 Å². The molecule has 2 aromatic rings. The zero-order valence-corrected chi connectivity index (χ0v) is 10.8. The molecule has 1 aromatic carbocycles. The summed E-state index contributed by atoms with van der Waals surface area (Å²) in [5.41, 5.74) is -0.291. The summed E-state index contributed by atoms with van der Waals surface area (Å²) in [4.78, 5) is 16.0. The molecule has 100 valence electrons. The van der Waals surface area contributed by atoms with Gasteiger partial charge in [-0.15, -0.1) is 0 Å². The molecule has 0 saturated heterocycles. The minimum Gasteiger partial charge on any atom is -0.435 e. The maximum Gasteiger partial charge on any atom is 0.313 e. The van der Waals surface area contributed by atoms with Gasteiger partial charge in [-0.25, -0.2) is 9.37 Å². The average molecular weight is 262 g/mol. The average Bonchev–Trinajstić information content (AvgIpc) is 2.36. The van der Waals surface area contributed by atoms with Gasteiger partial charge in [0.15, 0.2) is 0 Å². The van der Waals surface area contributed by atoms with Crippen LogP contribution in [-0.4, -0.2) is 9.55 Å². The SMILES string of the molecule is CC(C)Cn1ccnc(Oc2ccc(F)cc2)c1=O. The summed E-state index contributed by atoms with van der Waals surface area (Å²) < 4.78 is 19.7.